The third kappa shape index (κ3) is 4.76. The van der Waals surface area contributed by atoms with Crippen molar-refractivity contribution in [2.24, 2.45) is 7.05 Å². The Hall–Kier alpha value is -0.990. The van der Waals surface area contributed by atoms with Crippen LogP contribution in [0.15, 0.2) is 0 Å². The van der Waals surface area contributed by atoms with Gasteiger partial charge in [-0.15, -0.1) is 0 Å². The van der Waals surface area contributed by atoms with Crippen molar-refractivity contribution in [2.45, 2.75) is 90.9 Å². The van der Waals surface area contributed by atoms with Gasteiger partial charge in [-0.3, -0.25) is 0 Å². The van der Waals surface area contributed by atoms with Crippen LogP contribution in [-0.4, -0.2) is 16.9 Å². The van der Waals surface area contributed by atoms with Crippen molar-refractivity contribution in [1.82, 2.24) is 9.78 Å². The third-order valence-corrected chi connectivity index (χ3v) is 4.88. The van der Waals surface area contributed by atoms with Crippen LogP contribution in [0.3, 0.4) is 0 Å². The summed E-state index contributed by atoms with van der Waals surface area (Å²) in [6, 6.07) is 0. The molecule has 1 atom stereocenters. The van der Waals surface area contributed by atoms with Gasteiger partial charge in [-0.2, -0.15) is 5.10 Å². The van der Waals surface area contributed by atoms with Gasteiger partial charge in [0.1, 0.15) is 0 Å². The monoisotopic (exact) mass is 308 g/mol. The van der Waals surface area contributed by atoms with Crippen LogP contribution in [0.1, 0.15) is 89.8 Å². The third-order valence-electron chi connectivity index (χ3n) is 4.88. The smallest absolute Gasteiger partial charge is 0.215 e. The summed E-state index contributed by atoms with van der Waals surface area (Å²) in [6.45, 7) is 9.09. The minimum absolute atomic E-state index is 0.187. The molecule has 1 unspecified atom stereocenters. The van der Waals surface area contributed by atoms with Crippen molar-refractivity contribution < 1.29 is 4.74 Å². The molecule has 0 fully saturated rings. The Kier molecular flexibility index (Phi) is 7.98. The first-order chi connectivity index (χ1) is 10.5. The van der Waals surface area contributed by atoms with Crippen LogP contribution in [0.25, 0.3) is 0 Å². The van der Waals surface area contributed by atoms with Gasteiger partial charge in [-0.25, -0.2) is 4.68 Å². The van der Waals surface area contributed by atoms with Crippen LogP contribution in [0.4, 0.5) is 0 Å². The van der Waals surface area contributed by atoms with Gasteiger partial charge in [0.15, 0.2) is 0 Å². The minimum atomic E-state index is 0.187. The van der Waals surface area contributed by atoms with E-state index >= 15 is 0 Å². The molecule has 1 aromatic heterocycles. The quantitative estimate of drug-likeness (QED) is 0.501. The number of ether oxygens (including phenoxy) is 1. The number of methoxy groups -OCH3 is 1. The molecule has 3 heteroatoms. The summed E-state index contributed by atoms with van der Waals surface area (Å²) in [5, 5.41) is 4.61. The summed E-state index contributed by atoms with van der Waals surface area (Å²) in [4.78, 5) is 0. The highest BCUT2D eigenvalue weighted by molar-refractivity contribution is 5.38. The highest BCUT2D eigenvalue weighted by atomic mass is 16.5. The summed E-state index contributed by atoms with van der Waals surface area (Å²) >= 11 is 0. The van der Waals surface area contributed by atoms with Crippen LogP contribution in [0.5, 0.6) is 5.88 Å². The van der Waals surface area contributed by atoms with Gasteiger partial charge in [-0.1, -0.05) is 65.7 Å². The Morgan fingerprint density at radius 2 is 1.55 bits per heavy atom. The Balaban J connectivity index is 2.97. The molecular formula is C19H36N2O. The second kappa shape index (κ2) is 9.22. The molecule has 0 aliphatic carbocycles. The number of aromatic nitrogens is 2. The fraction of sp³-hybridized carbons (Fsp3) is 0.842. The molecule has 0 aromatic carbocycles. The second-order valence-corrected chi connectivity index (χ2v) is 6.92. The maximum atomic E-state index is 5.68. The first-order valence-corrected chi connectivity index (χ1v) is 9.08. The van der Waals surface area contributed by atoms with Gasteiger partial charge in [-0.05, 0) is 25.2 Å². The maximum Gasteiger partial charge on any atom is 0.215 e. The first kappa shape index (κ1) is 19.1. The van der Waals surface area contributed by atoms with E-state index in [1.54, 1.807) is 7.11 Å². The first-order valence-electron chi connectivity index (χ1n) is 9.08. The molecule has 0 saturated heterocycles. The molecular weight excluding hydrogens is 272 g/mol. The molecule has 22 heavy (non-hydrogen) atoms. The number of rotatable bonds is 11. The number of aryl methyl sites for hydroxylation is 2. The Bertz CT molecular complexity index is 439. The predicted molar refractivity (Wildman–Crippen MR) is 94.8 cm³/mol. The largest absolute Gasteiger partial charge is 0.481 e. The number of hydrogen-bond acceptors (Lipinski definition) is 2. The number of hydrogen-bond donors (Lipinski definition) is 0. The van der Waals surface area contributed by atoms with Gasteiger partial charge in [0.05, 0.1) is 12.8 Å². The Morgan fingerprint density at radius 3 is 2.09 bits per heavy atom. The highest BCUT2D eigenvalue weighted by Crippen LogP contribution is 2.41. The van der Waals surface area contributed by atoms with E-state index in [-0.39, 0.29) is 5.41 Å². The number of unbranched alkanes of at least 4 members (excludes halogenated alkanes) is 5. The highest BCUT2D eigenvalue weighted by Gasteiger charge is 2.33. The lowest BCUT2D eigenvalue weighted by Crippen LogP contribution is -2.23. The van der Waals surface area contributed by atoms with E-state index in [2.05, 4.69) is 32.8 Å². The van der Waals surface area contributed by atoms with E-state index < -0.39 is 0 Å². The fourth-order valence-corrected chi connectivity index (χ4v) is 3.65. The molecule has 1 heterocycles. The Labute approximate surface area is 137 Å². The van der Waals surface area contributed by atoms with E-state index in [4.69, 9.17) is 4.74 Å². The minimum Gasteiger partial charge on any atom is -0.481 e. The van der Waals surface area contributed by atoms with Crippen molar-refractivity contribution in [3.05, 3.63) is 11.3 Å². The van der Waals surface area contributed by atoms with Gasteiger partial charge in [0.2, 0.25) is 5.88 Å². The van der Waals surface area contributed by atoms with Crippen LogP contribution in [0, 0.1) is 6.92 Å². The van der Waals surface area contributed by atoms with Crippen molar-refractivity contribution in [3.63, 3.8) is 0 Å². The fourth-order valence-electron chi connectivity index (χ4n) is 3.65. The molecule has 0 aliphatic rings. The molecule has 0 amide bonds. The van der Waals surface area contributed by atoms with Crippen LogP contribution in [-0.2, 0) is 12.5 Å². The van der Waals surface area contributed by atoms with E-state index in [1.807, 2.05) is 11.7 Å². The Morgan fingerprint density at radius 1 is 1.00 bits per heavy atom. The zero-order valence-electron chi connectivity index (χ0n) is 15.7. The standard InChI is InChI=1S/C19H36N2O/c1-7-9-11-13-15-19(4,14-12-10-8-2)17-16(3)20-21(5)18(17)22-6/h7-15H2,1-6H3. The van der Waals surface area contributed by atoms with Crippen LogP contribution in [0.2, 0.25) is 0 Å². The van der Waals surface area contributed by atoms with Crippen molar-refractivity contribution in [3.8, 4) is 5.88 Å². The maximum absolute atomic E-state index is 5.68. The molecule has 0 spiro atoms. The topological polar surface area (TPSA) is 27.1 Å². The SMILES string of the molecule is CCCCCCC(C)(CCCCC)c1c(C)nn(C)c1OC. The number of nitrogens with zero attached hydrogens (tertiary/aromatic N) is 2. The molecule has 1 rings (SSSR count). The van der Waals surface area contributed by atoms with E-state index in [1.165, 1.54) is 63.4 Å². The molecule has 1 aromatic rings. The van der Waals surface area contributed by atoms with Gasteiger partial charge >= 0.3 is 0 Å². The predicted octanol–water partition coefficient (Wildman–Crippen LogP) is 5.55. The molecule has 0 aliphatic heterocycles. The van der Waals surface area contributed by atoms with Gasteiger partial charge < -0.3 is 4.74 Å². The summed E-state index contributed by atoms with van der Waals surface area (Å²) < 4.78 is 7.57. The lowest BCUT2D eigenvalue weighted by Gasteiger charge is -2.31. The molecule has 3 nitrogen and oxygen atoms in total. The molecule has 0 bridgehead atoms. The van der Waals surface area contributed by atoms with E-state index in [0.29, 0.717) is 0 Å². The second-order valence-electron chi connectivity index (χ2n) is 6.92. The van der Waals surface area contributed by atoms with Crippen molar-refractivity contribution in [2.75, 3.05) is 7.11 Å². The van der Waals surface area contributed by atoms with Gasteiger partial charge in [0.25, 0.3) is 0 Å². The summed E-state index contributed by atoms with van der Waals surface area (Å²) in [5.41, 5.74) is 2.66. The molecule has 128 valence electrons. The zero-order chi connectivity index (χ0) is 16.6. The normalized spacial score (nSPS) is 14.1. The average Bonchev–Trinajstić information content (AvgIpc) is 2.78. The lowest BCUT2D eigenvalue weighted by molar-refractivity contribution is 0.325. The molecule has 0 saturated carbocycles. The van der Waals surface area contributed by atoms with E-state index in [9.17, 15) is 0 Å². The summed E-state index contributed by atoms with van der Waals surface area (Å²) in [5.74, 6) is 0.951. The van der Waals surface area contributed by atoms with Gasteiger partial charge in [0, 0.05) is 12.6 Å². The van der Waals surface area contributed by atoms with Crippen molar-refractivity contribution in [1.29, 1.82) is 0 Å². The van der Waals surface area contributed by atoms with Crippen molar-refractivity contribution >= 4 is 0 Å². The van der Waals surface area contributed by atoms with Crippen LogP contribution < -0.4 is 4.74 Å². The summed E-state index contributed by atoms with van der Waals surface area (Å²) in [7, 11) is 3.75. The molecule has 0 radical (unpaired) electrons. The van der Waals surface area contributed by atoms with E-state index in [0.717, 1.165) is 11.6 Å². The average molecular weight is 309 g/mol. The molecule has 0 N–H and O–H groups in total. The zero-order valence-corrected chi connectivity index (χ0v) is 15.7. The lowest BCUT2D eigenvalue weighted by atomic mass is 9.74. The summed E-state index contributed by atoms with van der Waals surface area (Å²) in [6.07, 6.45) is 11.6. The van der Waals surface area contributed by atoms with Crippen LogP contribution >= 0.6 is 0 Å².